The van der Waals surface area contributed by atoms with E-state index in [1.807, 2.05) is 12.2 Å². The molecule has 0 saturated heterocycles. The first kappa shape index (κ1) is 15.2. The van der Waals surface area contributed by atoms with E-state index < -0.39 is 20.7 Å². The fourth-order valence-electron chi connectivity index (χ4n) is 1.22. The number of hydrogen-bond acceptors (Lipinski definition) is 4. The summed E-state index contributed by atoms with van der Waals surface area (Å²) in [5, 5.41) is 1.26. The van der Waals surface area contributed by atoms with Crippen molar-refractivity contribution in [1.29, 1.82) is 0 Å². The van der Waals surface area contributed by atoms with Crippen molar-refractivity contribution in [2.24, 2.45) is 0 Å². The zero-order valence-corrected chi connectivity index (χ0v) is 13.0. The van der Waals surface area contributed by atoms with E-state index >= 15 is 0 Å². The van der Waals surface area contributed by atoms with E-state index in [1.165, 1.54) is 7.11 Å². The molecule has 5 nitrogen and oxygen atoms in total. The third kappa shape index (κ3) is 3.57. The molecule has 0 spiro atoms. The first-order valence-electron chi connectivity index (χ1n) is 6.04. The van der Waals surface area contributed by atoms with Crippen LogP contribution in [0.4, 0.5) is 4.79 Å². The third-order valence-electron chi connectivity index (χ3n) is 3.39. The summed E-state index contributed by atoms with van der Waals surface area (Å²) in [7, 11) is -0.595. The largest absolute Gasteiger partial charge is 0.451 e. The molecule has 0 aromatic carbocycles. The van der Waals surface area contributed by atoms with Crippen molar-refractivity contribution in [3.05, 3.63) is 12.2 Å². The maximum absolute atomic E-state index is 11.4. The van der Waals surface area contributed by atoms with Gasteiger partial charge in [0.05, 0.1) is 13.7 Å². The molecule has 6 heteroatoms. The lowest BCUT2D eigenvalue weighted by Crippen LogP contribution is -2.47. The number of carbonyl (C=O) groups excluding carboxylic acids is 1. The van der Waals surface area contributed by atoms with Crippen LogP contribution in [0.3, 0.4) is 0 Å². The molecule has 0 bridgehead atoms. The van der Waals surface area contributed by atoms with Crippen molar-refractivity contribution in [2.45, 2.75) is 45.2 Å². The van der Waals surface area contributed by atoms with Gasteiger partial charge in [0.2, 0.25) is 0 Å². The SMILES string of the molecule is COC(=O)N1CC=CC(O[Si](C)(C)C(C)(C)C)O1. The molecule has 1 unspecified atom stereocenters. The van der Waals surface area contributed by atoms with Gasteiger partial charge in [0.25, 0.3) is 0 Å². The molecule has 1 heterocycles. The minimum atomic E-state index is -1.92. The second-order valence-corrected chi connectivity index (χ2v) is 10.6. The maximum atomic E-state index is 11.4. The molecule has 0 aromatic heterocycles. The molecule has 0 N–H and O–H groups in total. The normalized spacial score (nSPS) is 21.0. The van der Waals surface area contributed by atoms with E-state index in [0.29, 0.717) is 6.54 Å². The summed E-state index contributed by atoms with van der Waals surface area (Å²) < 4.78 is 10.7. The highest BCUT2D eigenvalue weighted by molar-refractivity contribution is 6.74. The van der Waals surface area contributed by atoms with Gasteiger partial charge in [0.15, 0.2) is 14.6 Å². The van der Waals surface area contributed by atoms with E-state index in [9.17, 15) is 4.79 Å². The Hall–Kier alpha value is -0.853. The minimum absolute atomic E-state index is 0.0950. The summed E-state index contributed by atoms with van der Waals surface area (Å²) in [6.45, 7) is 11.1. The summed E-state index contributed by atoms with van der Waals surface area (Å²) in [6.07, 6.45) is 2.65. The Kier molecular flexibility index (Phi) is 4.58. The Morgan fingerprint density at radius 1 is 1.44 bits per heavy atom. The molecule has 1 atom stereocenters. The summed E-state index contributed by atoms with van der Waals surface area (Å²) in [5.41, 5.74) is 0. The molecule has 0 aromatic rings. The maximum Gasteiger partial charge on any atom is 0.434 e. The van der Waals surface area contributed by atoms with Crippen LogP contribution >= 0.6 is 0 Å². The van der Waals surface area contributed by atoms with Gasteiger partial charge in [-0.15, -0.1) is 0 Å². The average molecular weight is 273 g/mol. The lowest BCUT2D eigenvalue weighted by molar-refractivity contribution is -0.219. The van der Waals surface area contributed by atoms with Gasteiger partial charge in [0.1, 0.15) is 0 Å². The number of carbonyl (C=O) groups is 1. The van der Waals surface area contributed by atoms with Crippen LogP contribution < -0.4 is 0 Å². The number of rotatable bonds is 2. The average Bonchev–Trinajstić information content (AvgIpc) is 2.26. The predicted octanol–water partition coefficient (Wildman–Crippen LogP) is 2.90. The van der Waals surface area contributed by atoms with Gasteiger partial charge in [-0.25, -0.2) is 9.63 Å². The Morgan fingerprint density at radius 3 is 2.56 bits per heavy atom. The van der Waals surface area contributed by atoms with Crippen LogP contribution in [-0.4, -0.2) is 39.4 Å². The predicted molar refractivity (Wildman–Crippen MR) is 71.4 cm³/mol. The highest BCUT2D eigenvalue weighted by Crippen LogP contribution is 2.37. The lowest BCUT2D eigenvalue weighted by atomic mass is 10.2. The smallest absolute Gasteiger partial charge is 0.434 e. The van der Waals surface area contributed by atoms with Gasteiger partial charge in [-0.2, -0.15) is 5.06 Å². The lowest BCUT2D eigenvalue weighted by Gasteiger charge is -2.39. The number of amides is 1. The Bertz CT molecular complexity index is 335. The summed E-state index contributed by atoms with van der Waals surface area (Å²) >= 11 is 0. The quantitative estimate of drug-likeness (QED) is 0.573. The number of nitrogens with zero attached hydrogens (tertiary/aromatic N) is 1. The molecule has 1 aliphatic heterocycles. The zero-order chi connectivity index (χ0) is 14.0. The molecule has 0 saturated carbocycles. The van der Waals surface area contributed by atoms with Crippen LogP contribution in [0.2, 0.25) is 18.1 Å². The molecule has 1 amide bonds. The molecular formula is C12H23NO4Si. The second-order valence-electron chi connectivity index (χ2n) is 5.81. The Labute approximate surface area is 110 Å². The summed E-state index contributed by atoms with van der Waals surface area (Å²) in [5.74, 6) is 0. The molecule has 0 fully saturated rings. The van der Waals surface area contributed by atoms with Crippen molar-refractivity contribution in [1.82, 2.24) is 5.06 Å². The van der Waals surface area contributed by atoms with E-state index in [0.717, 1.165) is 5.06 Å². The van der Waals surface area contributed by atoms with Crippen molar-refractivity contribution < 1.29 is 18.8 Å². The van der Waals surface area contributed by atoms with E-state index in [2.05, 4.69) is 38.6 Å². The first-order valence-corrected chi connectivity index (χ1v) is 8.95. The van der Waals surface area contributed by atoms with Crippen LogP contribution in [0, 0.1) is 0 Å². The van der Waals surface area contributed by atoms with Crippen LogP contribution in [0.15, 0.2) is 12.2 Å². The van der Waals surface area contributed by atoms with E-state index in [4.69, 9.17) is 9.26 Å². The molecule has 0 radical (unpaired) electrons. The monoisotopic (exact) mass is 273 g/mol. The van der Waals surface area contributed by atoms with Crippen molar-refractivity contribution in [3.8, 4) is 0 Å². The molecule has 104 valence electrons. The molecule has 1 aliphatic rings. The minimum Gasteiger partial charge on any atom is -0.451 e. The van der Waals surface area contributed by atoms with Crippen LogP contribution in [-0.2, 0) is 14.0 Å². The fourth-order valence-corrected chi connectivity index (χ4v) is 2.27. The Morgan fingerprint density at radius 2 is 2.06 bits per heavy atom. The van der Waals surface area contributed by atoms with Gasteiger partial charge in [-0.3, -0.25) is 0 Å². The molecular weight excluding hydrogens is 250 g/mol. The van der Waals surface area contributed by atoms with Gasteiger partial charge >= 0.3 is 6.09 Å². The van der Waals surface area contributed by atoms with Crippen LogP contribution in [0.25, 0.3) is 0 Å². The standard InChI is InChI=1S/C12H23NO4Si/c1-12(2,3)18(5,6)17-10-8-7-9-13(16-10)11(14)15-4/h7-8,10H,9H2,1-6H3. The van der Waals surface area contributed by atoms with Crippen molar-refractivity contribution in [3.63, 3.8) is 0 Å². The van der Waals surface area contributed by atoms with Crippen molar-refractivity contribution in [2.75, 3.05) is 13.7 Å². The number of hydroxylamine groups is 2. The third-order valence-corrected chi connectivity index (χ3v) is 7.82. The Balaban J connectivity index is 2.67. The van der Waals surface area contributed by atoms with E-state index in [-0.39, 0.29) is 5.04 Å². The molecule has 18 heavy (non-hydrogen) atoms. The topological polar surface area (TPSA) is 48.0 Å². The number of ether oxygens (including phenoxy) is 1. The van der Waals surface area contributed by atoms with Gasteiger partial charge in [-0.05, 0) is 24.2 Å². The van der Waals surface area contributed by atoms with Crippen molar-refractivity contribution >= 4 is 14.4 Å². The summed E-state index contributed by atoms with van der Waals surface area (Å²) in [6, 6.07) is 0. The number of methoxy groups -OCH3 is 1. The summed E-state index contributed by atoms with van der Waals surface area (Å²) in [4.78, 5) is 16.8. The fraction of sp³-hybridized carbons (Fsp3) is 0.750. The van der Waals surface area contributed by atoms with Gasteiger partial charge in [0, 0.05) is 0 Å². The highest BCUT2D eigenvalue weighted by atomic mass is 28.4. The molecule has 1 rings (SSSR count). The van der Waals surface area contributed by atoms with Gasteiger partial charge in [-0.1, -0.05) is 26.8 Å². The van der Waals surface area contributed by atoms with Gasteiger partial charge < -0.3 is 9.16 Å². The number of hydrogen-bond donors (Lipinski definition) is 0. The van der Waals surface area contributed by atoms with Crippen LogP contribution in [0.1, 0.15) is 20.8 Å². The highest BCUT2D eigenvalue weighted by Gasteiger charge is 2.40. The zero-order valence-electron chi connectivity index (χ0n) is 12.0. The molecule has 0 aliphatic carbocycles. The van der Waals surface area contributed by atoms with Crippen LogP contribution in [0.5, 0.6) is 0 Å². The van der Waals surface area contributed by atoms with E-state index in [1.54, 1.807) is 0 Å². The second kappa shape index (κ2) is 5.42. The first-order chi connectivity index (χ1) is 8.17.